The lowest BCUT2D eigenvalue weighted by Crippen LogP contribution is -2.46. The number of amides is 2. The van der Waals surface area contributed by atoms with Crippen LogP contribution in [0.5, 0.6) is 5.75 Å². The Hall–Kier alpha value is -3.30. The lowest BCUT2D eigenvalue weighted by atomic mass is 10.0. The zero-order chi connectivity index (χ0) is 30.2. The van der Waals surface area contributed by atoms with E-state index in [4.69, 9.17) is 21.1 Å². The first-order valence-corrected chi connectivity index (χ1v) is 16.3. The Balaban J connectivity index is 1.23. The third-order valence-electron chi connectivity index (χ3n) is 9.07. The number of piperidine rings is 1. The molecule has 1 aliphatic heterocycles. The number of nitrogens with one attached hydrogen (secondary N) is 1. The van der Waals surface area contributed by atoms with Gasteiger partial charge in [0.1, 0.15) is 22.2 Å². The van der Waals surface area contributed by atoms with Crippen LogP contribution in [0.4, 0.5) is 4.79 Å². The van der Waals surface area contributed by atoms with E-state index < -0.39 is 11.7 Å². The maximum absolute atomic E-state index is 14.0. The van der Waals surface area contributed by atoms with Gasteiger partial charge in [0, 0.05) is 34.1 Å². The van der Waals surface area contributed by atoms with E-state index in [9.17, 15) is 9.59 Å². The number of fused-ring (bicyclic) bond motifs is 4. The number of aromatic nitrogens is 2. The highest BCUT2D eigenvalue weighted by atomic mass is 35.5. The average Bonchev–Trinajstić information content (AvgIpc) is 3.31. The Bertz CT molecular complexity index is 1770. The number of rotatable bonds is 6. The molecule has 0 spiro atoms. The number of carbonyl (C=O) groups excluding carboxylic acids is 2. The summed E-state index contributed by atoms with van der Waals surface area (Å²) in [5.74, 6) is 1.54. The Labute approximate surface area is 260 Å². The van der Waals surface area contributed by atoms with Crippen LogP contribution in [0.15, 0.2) is 30.3 Å². The third-order valence-corrected chi connectivity index (χ3v) is 10.5. The molecule has 1 saturated heterocycles. The number of thiophene rings is 1. The quantitative estimate of drug-likeness (QED) is 0.227. The number of likely N-dealkylation sites (tertiary alicyclic amines) is 1. The van der Waals surface area contributed by atoms with Crippen molar-refractivity contribution in [3.05, 3.63) is 46.6 Å². The highest BCUT2D eigenvalue weighted by Gasteiger charge is 2.50. The first-order chi connectivity index (χ1) is 20.5. The van der Waals surface area contributed by atoms with Gasteiger partial charge in [-0.25, -0.2) is 9.78 Å². The summed E-state index contributed by atoms with van der Waals surface area (Å²) in [5.41, 5.74) is 3.19. The van der Waals surface area contributed by atoms with Crippen molar-refractivity contribution < 1.29 is 19.1 Å². The molecule has 3 atom stereocenters. The topological polar surface area (TPSA) is 85.7 Å². The predicted molar refractivity (Wildman–Crippen MR) is 170 cm³/mol. The monoisotopic (exact) mass is 620 g/mol. The molecule has 2 aliphatic carbocycles. The molecule has 7 rings (SSSR count). The fourth-order valence-corrected chi connectivity index (χ4v) is 8.40. The van der Waals surface area contributed by atoms with Crippen LogP contribution < -0.4 is 10.1 Å². The standard InChI is InChI=1S/C33H37ClN4O4S/c1-17-27-24(41-5)13-21(31(39)38-16-20-8-10-22(38)28(20)36-32(40)42-33(2,3)4)14-25(27)43-29(17)23-12-19-9-11-26(34)35-30(19)37(23)15-18-6-7-18/h9,11-14,18,20,22,28H,6-8,10,15-16H2,1-5H3,(H,36,40)/t20?,22?,28-/m1/s1. The van der Waals surface area contributed by atoms with Gasteiger partial charge in [-0.05, 0) is 101 Å². The number of benzene rings is 1. The van der Waals surface area contributed by atoms with Crippen LogP contribution in [-0.2, 0) is 11.3 Å². The van der Waals surface area contributed by atoms with Crippen LogP contribution in [0.1, 0.15) is 62.4 Å². The molecule has 2 unspecified atom stereocenters. The summed E-state index contributed by atoms with van der Waals surface area (Å²) in [6.45, 7) is 9.22. The Morgan fingerprint density at radius 2 is 1.93 bits per heavy atom. The van der Waals surface area contributed by atoms with Gasteiger partial charge in [0.15, 0.2) is 0 Å². The molecule has 4 aromatic rings. The second-order valence-corrected chi connectivity index (χ2v) is 14.7. The number of carbonyl (C=O) groups is 2. The summed E-state index contributed by atoms with van der Waals surface area (Å²) < 4.78 is 14.7. The first-order valence-electron chi connectivity index (χ1n) is 15.1. The molecule has 2 saturated carbocycles. The van der Waals surface area contributed by atoms with Gasteiger partial charge in [-0.3, -0.25) is 4.79 Å². The maximum Gasteiger partial charge on any atom is 0.407 e. The fourth-order valence-electron chi connectivity index (χ4n) is 6.96. The van der Waals surface area contributed by atoms with Crippen molar-refractivity contribution in [2.75, 3.05) is 13.7 Å². The van der Waals surface area contributed by atoms with Crippen LogP contribution in [0.25, 0.3) is 31.7 Å². The molecule has 10 heteroatoms. The average molecular weight is 621 g/mol. The van der Waals surface area contributed by atoms with Gasteiger partial charge >= 0.3 is 6.09 Å². The van der Waals surface area contributed by atoms with Crippen molar-refractivity contribution in [1.82, 2.24) is 19.8 Å². The minimum absolute atomic E-state index is 0.0299. The Morgan fingerprint density at radius 1 is 1.14 bits per heavy atom. The second-order valence-electron chi connectivity index (χ2n) is 13.3. The number of pyridine rings is 1. The number of methoxy groups -OCH3 is 1. The normalized spacial score (nSPS) is 21.6. The van der Waals surface area contributed by atoms with Gasteiger partial charge in [-0.15, -0.1) is 11.3 Å². The summed E-state index contributed by atoms with van der Waals surface area (Å²) in [4.78, 5) is 34.3. The lowest BCUT2D eigenvalue weighted by molar-refractivity contribution is 0.0485. The van der Waals surface area contributed by atoms with E-state index in [-0.39, 0.29) is 23.9 Å². The van der Waals surface area contributed by atoms with Crippen LogP contribution in [0, 0.1) is 18.8 Å². The van der Waals surface area contributed by atoms with E-state index in [0.717, 1.165) is 56.6 Å². The summed E-state index contributed by atoms with van der Waals surface area (Å²) in [6.07, 6.45) is 3.89. The molecular weight excluding hydrogens is 584 g/mol. The molecule has 0 radical (unpaired) electrons. The molecule has 1 aromatic carbocycles. The predicted octanol–water partition coefficient (Wildman–Crippen LogP) is 7.43. The van der Waals surface area contributed by atoms with Crippen molar-refractivity contribution in [1.29, 1.82) is 0 Å². The number of hydrogen-bond donors (Lipinski definition) is 1. The second kappa shape index (κ2) is 10.4. The Kier molecular flexibility index (Phi) is 6.89. The SMILES string of the molecule is COc1cc(C(=O)N2CC3CCC2[C@@H]3NC(=O)OC(C)(C)C)cc2sc(-c3cc4ccc(Cl)nc4n3CC3CC3)c(C)c12. The van der Waals surface area contributed by atoms with E-state index in [1.807, 2.05) is 49.9 Å². The zero-order valence-corrected chi connectivity index (χ0v) is 26.8. The molecule has 3 aromatic heterocycles. The lowest BCUT2D eigenvalue weighted by Gasteiger charge is -2.28. The third kappa shape index (κ3) is 5.14. The Morgan fingerprint density at radius 3 is 2.65 bits per heavy atom. The van der Waals surface area contributed by atoms with Gasteiger partial charge in [-0.1, -0.05) is 11.6 Å². The smallest absolute Gasteiger partial charge is 0.407 e. The minimum atomic E-state index is -0.573. The number of aryl methyl sites for hydroxylation is 1. The summed E-state index contributed by atoms with van der Waals surface area (Å²) in [6, 6.07) is 9.80. The van der Waals surface area contributed by atoms with Crippen molar-refractivity contribution >= 4 is 56.1 Å². The highest BCUT2D eigenvalue weighted by molar-refractivity contribution is 7.22. The van der Waals surface area contributed by atoms with Crippen molar-refractivity contribution in [2.45, 2.75) is 77.6 Å². The molecule has 1 N–H and O–H groups in total. The van der Waals surface area contributed by atoms with Gasteiger partial charge in [0.05, 0.1) is 29.8 Å². The van der Waals surface area contributed by atoms with Gasteiger partial charge in [0.25, 0.3) is 5.91 Å². The number of halogens is 1. The van der Waals surface area contributed by atoms with E-state index in [1.54, 1.807) is 18.4 Å². The summed E-state index contributed by atoms with van der Waals surface area (Å²) in [7, 11) is 1.66. The van der Waals surface area contributed by atoms with Gasteiger partial charge in [-0.2, -0.15) is 0 Å². The zero-order valence-electron chi connectivity index (χ0n) is 25.2. The molecule has 4 heterocycles. The van der Waals surface area contributed by atoms with Crippen molar-refractivity contribution in [2.24, 2.45) is 11.8 Å². The largest absolute Gasteiger partial charge is 0.496 e. The molecule has 8 nitrogen and oxygen atoms in total. The van der Waals surface area contributed by atoms with E-state index in [0.29, 0.717) is 28.9 Å². The highest BCUT2D eigenvalue weighted by Crippen LogP contribution is 2.46. The summed E-state index contributed by atoms with van der Waals surface area (Å²) in [5, 5.41) is 5.65. The molecular formula is C33H37ClN4O4S. The molecule has 2 amide bonds. The molecule has 3 aliphatic rings. The minimum Gasteiger partial charge on any atom is -0.496 e. The molecule has 226 valence electrons. The van der Waals surface area contributed by atoms with Crippen LogP contribution in [-0.4, -0.2) is 57.8 Å². The van der Waals surface area contributed by atoms with Gasteiger partial charge < -0.3 is 24.3 Å². The molecule has 43 heavy (non-hydrogen) atoms. The van der Waals surface area contributed by atoms with Crippen molar-refractivity contribution in [3.8, 4) is 16.3 Å². The molecule has 2 bridgehead atoms. The summed E-state index contributed by atoms with van der Waals surface area (Å²) >= 11 is 8.00. The van der Waals surface area contributed by atoms with Crippen LogP contribution >= 0.6 is 22.9 Å². The fraction of sp³-hybridized carbons (Fsp3) is 0.485. The number of hydrogen-bond acceptors (Lipinski definition) is 6. The number of nitrogens with zero attached hydrogens (tertiary/aromatic N) is 3. The van der Waals surface area contributed by atoms with Crippen molar-refractivity contribution in [3.63, 3.8) is 0 Å². The number of ether oxygens (including phenoxy) is 2. The van der Waals surface area contributed by atoms with Crippen LogP contribution in [0.3, 0.4) is 0 Å². The van der Waals surface area contributed by atoms with E-state index in [2.05, 4.69) is 27.9 Å². The molecule has 3 fully saturated rings. The maximum atomic E-state index is 14.0. The van der Waals surface area contributed by atoms with Crippen LogP contribution in [0.2, 0.25) is 5.15 Å². The van der Waals surface area contributed by atoms with E-state index >= 15 is 0 Å². The number of alkyl carbamates (subject to hydrolysis) is 1. The van der Waals surface area contributed by atoms with Gasteiger partial charge in [0.2, 0.25) is 0 Å². The van der Waals surface area contributed by atoms with E-state index in [1.165, 1.54) is 12.8 Å². The first kappa shape index (κ1) is 28.5.